The van der Waals surface area contributed by atoms with E-state index in [4.69, 9.17) is 0 Å². The number of hydrogen-bond donors (Lipinski definition) is 2. The molecule has 0 rings (SSSR count). The highest BCUT2D eigenvalue weighted by molar-refractivity contribution is 7.91. The summed E-state index contributed by atoms with van der Waals surface area (Å²) in [6.45, 7) is 0. The van der Waals surface area contributed by atoms with Gasteiger partial charge in [-0.05, 0) is 0 Å². The van der Waals surface area contributed by atoms with Crippen LogP contribution in [0, 0.1) is 0 Å². The van der Waals surface area contributed by atoms with Crippen molar-refractivity contribution in [2.45, 2.75) is 0 Å². The lowest BCUT2D eigenvalue weighted by atomic mass is 10.9. The van der Waals surface area contributed by atoms with Crippen LogP contribution in [0.15, 0.2) is 5.10 Å². The Morgan fingerprint density at radius 2 is 2.27 bits per heavy atom. The third kappa shape index (κ3) is 8.89. The van der Waals surface area contributed by atoms with Crippen molar-refractivity contribution < 1.29 is 13.2 Å². The molecule has 0 saturated heterocycles. The Morgan fingerprint density at radius 3 is 2.64 bits per heavy atom. The van der Waals surface area contributed by atoms with Crippen LogP contribution in [0.1, 0.15) is 0 Å². The van der Waals surface area contributed by atoms with E-state index in [1.54, 1.807) is 0 Å². The summed E-state index contributed by atoms with van der Waals surface area (Å²) >= 11 is 0. The van der Waals surface area contributed by atoms with E-state index < -0.39 is 15.9 Å². The summed E-state index contributed by atoms with van der Waals surface area (Å²) in [6, 6.07) is -0.824. The molecule has 0 aliphatic carbocycles. The van der Waals surface area contributed by atoms with Crippen LogP contribution in [-0.2, 0) is 9.84 Å². The minimum absolute atomic E-state index is 0.215. The number of carbonyl (C=O) groups excluding carboxylic acids is 1. The lowest BCUT2D eigenvalue weighted by molar-refractivity contribution is 0.249. The Labute approximate surface area is 64.4 Å². The maximum atomic E-state index is 10.4. The molecule has 7 heteroatoms. The Balaban J connectivity index is 3.71. The second kappa shape index (κ2) is 3.91. The topological polar surface area (TPSA) is 102 Å². The van der Waals surface area contributed by atoms with Gasteiger partial charge in [-0.1, -0.05) is 0 Å². The fraction of sp³-hybridized carbons (Fsp3) is 0.500. The summed E-state index contributed by atoms with van der Waals surface area (Å²) in [6.07, 6.45) is 2.11. The highest BCUT2D eigenvalue weighted by Gasteiger charge is 1.96. The molecule has 0 fully saturated rings. The molecule has 0 aliphatic heterocycles. The summed E-state index contributed by atoms with van der Waals surface area (Å²) in [5, 5.41) is 3.23. The van der Waals surface area contributed by atoms with Crippen molar-refractivity contribution in [3.8, 4) is 0 Å². The lowest BCUT2D eigenvalue weighted by Crippen LogP contribution is -2.24. The first kappa shape index (κ1) is 9.89. The Kier molecular flexibility index (Phi) is 3.52. The van der Waals surface area contributed by atoms with Crippen molar-refractivity contribution in [3.05, 3.63) is 0 Å². The van der Waals surface area contributed by atoms with Gasteiger partial charge in [0.1, 0.15) is 0 Å². The summed E-state index contributed by atoms with van der Waals surface area (Å²) < 4.78 is 20.9. The minimum atomic E-state index is -3.06. The first-order chi connectivity index (χ1) is 4.92. The van der Waals surface area contributed by atoms with Gasteiger partial charge in [0.05, 0.1) is 5.75 Å². The van der Waals surface area contributed by atoms with E-state index in [0.717, 1.165) is 12.5 Å². The van der Waals surface area contributed by atoms with Gasteiger partial charge in [-0.15, -0.1) is 0 Å². The number of carbonyl (C=O) groups is 1. The molecule has 6 nitrogen and oxygen atoms in total. The van der Waals surface area contributed by atoms with Gasteiger partial charge in [-0.2, -0.15) is 5.10 Å². The first-order valence-corrected chi connectivity index (χ1v) is 4.72. The van der Waals surface area contributed by atoms with Crippen LogP contribution in [0.3, 0.4) is 0 Å². The molecule has 0 spiro atoms. The minimum Gasteiger partial charge on any atom is -0.350 e. The third-order valence-corrected chi connectivity index (χ3v) is 1.40. The number of nitrogens with two attached hydrogens (primary N) is 1. The zero-order valence-corrected chi connectivity index (χ0v) is 6.76. The monoisotopic (exact) mass is 179 g/mol. The number of urea groups is 1. The molecule has 0 atom stereocenters. The first-order valence-electron chi connectivity index (χ1n) is 2.66. The molecule has 2 amide bonds. The molecule has 0 heterocycles. The molecular formula is C4H9N3O3S. The second-order valence-electron chi connectivity index (χ2n) is 1.88. The predicted octanol–water partition coefficient (Wildman–Crippen LogP) is -1.31. The third-order valence-electron chi connectivity index (χ3n) is 0.643. The summed E-state index contributed by atoms with van der Waals surface area (Å²) in [5.41, 5.74) is 6.49. The van der Waals surface area contributed by atoms with Crippen molar-refractivity contribution >= 4 is 22.1 Å². The smallest absolute Gasteiger partial charge is 0.332 e. The van der Waals surface area contributed by atoms with Crippen molar-refractivity contribution in [2.75, 3.05) is 12.0 Å². The van der Waals surface area contributed by atoms with E-state index in [9.17, 15) is 13.2 Å². The largest absolute Gasteiger partial charge is 0.350 e. The molecule has 3 N–H and O–H groups in total. The van der Waals surface area contributed by atoms with Crippen LogP contribution in [0.25, 0.3) is 0 Å². The SMILES string of the molecule is CS(=O)(=O)C/C=N/NC(N)=O. The average molecular weight is 179 g/mol. The molecule has 0 saturated carbocycles. The average Bonchev–Trinajstić information content (AvgIpc) is 1.78. The number of amides is 2. The molecule has 0 aromatic rings. The Morgan fingerprint density at radius 1 is 1.73 bits per heavy atom. The summed E-state index contributed by atoms with van der Waals surface area (Å²) in [4.78, 5) is 9.97. The lowest BCUT2D eigenvalue weighted by Gasteiger charge is -1.90. The van der Waals surface area contributed by atoms with Crippen LogP contribution >= 0.6 is 0 Å². The van der Waals surface area contributed by atoms with Crippen LogP contribution in [-0.4, -0.2) is 32.7 Å². The number of nitrogens with one attached hydrogen (secondary N) is 1. The van der Waals surface area contributed by atoms with Crippen LogP contribution < -0.4 is 11.2 Å². The van der Waals surface area contributed by atoms with Gasteiger partial charge in [-0.3, -0.25) is 0 Å². The molecule has 0 aromatic heterocycles. The number of sulfone groups is 1. The van der Waals surface area contributed by atoms with Crippen LogP contribution in [0.5, 0.6) is 0 Å². The predicted molar refractivity (Wildman–Crippen MR) is 40.9 cm³/mol. The van der Waals surface area contributed by atoms with E-state index in [-0.39, 0.29) is 5.75 Å². The molecule has 0 bridgehead atoms. The molecule has 0 radical (unpaired) electrons. The van der Waals surface area contributed by atoms with Crippen molar-refractivity contribution in [2.24, 2.45) is 10.8 Å². The zero-order valence-electron chi connectivity index (χ0n) is 5.94. The highest BCUT2D eigenvalue weighted by Crippen LogP contribution is 1.76. The van der Waals surface area contributed by atoms with Gasteiger partial charge >= 0.3 is 6.03 Å². The molecule has 11 heavy (non-hydrogen) atoms. The van der Waals surface area contributed by atoms with Gasteiger partial charge in [0.15, 0.2) is 9.84 Å². The quantitative estimate of drug-likeness (QED) is 0.415. The Hall–Kier alpha value is -1.11. The van der Waals surface area contributed by atoms with E-state index in [0.29, 0.717) is 0 Å². The molecule has 0 aliphatic rings. The molecule has 0 unspecified atom stereocenters. The fourth-order valence-electron chi connectivity index (χ4n) is 0.282. The van der Waals surface area contributed by atoms with E-state index >= 15 is 0 Å². The van der Waals surface area contributed by atoms with E-state index in [1.165, 1.54) is 0 Å². The van der Waals surface area contributed by atoms with Gasteiger partial charge in [0.2, 0.25) is 0 Å². The Bertz CT molecular complexity index is 256. The normalized spacial score (nSPS) is 11.7. The summed E-state index contributed by atoms with van der Waals surface area (Å²) in [5.74, 6) is -0.215. The van der Waals surface area contributed by atoms with E-state index in [2.05, 4.69) is 10.8 Å². The number of hydrazone groups is 1. The maximum absolute atomic E-state index is 10.4. The maximum Gasteiger partial charge on any atom is 0.332 e. The number of nitrogens with zero attached hydrogens (tertiary/aromatic N) is 1. The molecular weight excluding hydrogens is 170 g/mol. The van der Waals surface area contributed by atoms with Crippen molar-refractivity contribution in [1.29, 1.82) is 0 Å². The van der Waals surface area contributed by atoms with Crippen molar-refractivity contribution in [3.63, 3.8) is 0 Å². The highest BCUT2D eigenvalue weighted by atomic mass is 32.2. The van der Waals surface area contributed by atoms with Gasteiger partial charge in [0.25, 0.3) is 0 Å². The standard InChI is InChI=1S/C4H9N3O3S/c1-11(9,10)3-2-6-7-4(5)8/h2H,3H2,1H3,(H3,5,7,8)/b6-2+. The van der Waals surface area contributed by atoms with Gasteiger partial charge < -0.3 is 5.73 Å². The number of hydrogen-bond acceptors (Lipinski definition) is 4. The zero-order chi connectivity index (χ0) is 8.91. The number of primary amides is 1. The summed E-state index contributed by atoms with van der Waals surface area (Å²) in [7, 11) is -3.06. The van der Waals surface area contributed by atoms with Crippen LogP contribution in [0.4, 0.5) is 4.79 Å². The van der Waals surface area contributed by atoms with Gasteiger partial charge in [0, 0.05) is 12.5 Å². The van der Waals surface area contributed by atoms with Crippen molar-refractivity contribution in [1.82, 2.24) is 5.43 Å². The van der Waals surface area contributed by atoms with Crippen LogP contribution in [0.2, 0.25) is 0 Å². The van der Waals surface area contributed by atoms with Gasteiger partial charge in [-0.25, -0.2) is 18.6 Å². The van der Waals surface area contributed by atoms with E-state index in [1.807, 2.05) is 5.43 Å². The number of rotatable bonds is 3. The second-order valence-corrected chi connectivity index (χ2v) is 4.06. The molecule has 64 valence electrons. The fourth-order valence-corrected chi connectivity index (χ4v) is 0.627. The molecule has 0 aromatic carbocycles.